The van der Waals surface area contributed by atoms with E-state index >= 15 is 0 Å². The van der Waals surface area contributed by atoms with E-state index < -0.39 is 0 Å². The molecule has 2 heterocycles. The van der Waals surface area contributed by atoms with E-state index in [4.69, 9.17) is 28.9 Å². The fraction of sp³-hybridized carbons (Fsp3) is 0.231. The Bertz CT molecular complexity index is 630. The molecule has 0 radical (unpaired) electrons. The first-order valence-corrected chi connectivity index (χ1v) is 6.70. The van der Waals surface area contributed by atoms with Crippen molar-refractivity contribution in [1.29, 1.82) is 0 Å². The molecular formula is C13H12Cl2N4. The van der Waals surface area contributed by atoms with Gasteiger partial charge in [-0.2, -0.15) is 0 Å². The number of halogens is 2. The van der Waals surface area contributed by atoms with E-state index in [1.165, 1.54) is 11.1 Å². The largest absolute Gasteiger partial charge is 0.398 e. The van der Waals surface area contributed by atoms with Crippen molar-refractivity contribution in [3.63, 3.8) is 0 Å². The summed E-state index contributed by atoms with van der Waals surface area (Å²) in [6.45, 7) is 1.59. The van der Waals surface area contributed by atoms with E-state index in [0.717, 1.165) is 30.9 Å². The number of nitrogens with zero attached hydrogens (tertiary/aromatic N) is 3. The van der Waals surface area contributed by atoms with Gasteiger partial charge < -0.3 is 10.6 Å². The number of rotatable bonds is 1. The molecule has 98 valence electrons. The number of hydrogen-bond donors (Lipinski definition) is 1. The normalized spacial score (nSPS) is 14.3. The van der Waals surface area contributed by atoms with Crippen LogP contribution in [-0.2, 0) is 13.0 Å². The van der Waals surface area contributed by atoms with Gasteiger partial charge in [0.2, 0.25) is 0 Å². The van der Waals surface area contributed by atoms with Gasteiger partial charge in [-0.25, -0.2) is 0 Å². The Morgan fingerprint density at radius 1 is 1.21 bits per heavy atom. The van der Waals surface area contributed by atoms with E-state index in [-0.39, 0.29) is 0 Å². The smallest absolute Gasteiger partial charge is 0.175 e. The van der Waals surface area contributed by atoms with Crippen LogP contribution in [0.5, 0.6) is 0 Å². The fourth-order valence-electron chi connectivity index (χ4n) is 2.41. The van der Waals surface area contributed by atoms with Crippen molar-refractivity contribution in [3.05, 3.63) is 45.7 Å². The van der Waals surface area contributed by atoms with Crippen LogP contribution in [0.25, 0.3) is 0 Å². The van der Waals surface area contributed by atoms with Crippen LogP contribution in [0, 0.1) is 0 Å². The van der Waals surface area contributed by atoms with Crippen molar-refractivity contribution in [2.45, 2.75) is 13.0 Å². The highest BCUT2D eigenvalue weighted by Crippen LogP contribution is 2.31. The second-order valence-corrected chi connectivity index (χ2v) is 5.24. The molecule has 1 aliphatic heterocycles. The molecule has 0 amide bonds. The fourth-order valence-corrected chi connectivity index (χ4v) is 2.76. The lowest BCUT2D eigenvalue weighted by molar-refractivity contribution is 0.729. The van der Waals surface area contributed by atoms with E-state index in [0.29, 0.717) is 10.3 Å². The zero-order valence-electron chi connectivity index (χ0n) is 10.1. The summed E-state index contributed by atoms with van der Waals surface area (Å²) in [6, 6.07) is 7.74. The molecule has 0 saturated carbocycles. The van der Waals surface area contributed by atoms with E-state index in [9.17, 15) is 0 Å². The average Bonchev–Trinajstić information content (AvgIpc) is 2.41. The average molecular weight is 295 g/mol. The van der Waals surface area contributed by atoms with Crippen LogP contribution in [0.3, 0.4) is 0 Å². The topological polar surface area (TPSA) is 55.0 Å². The molecule has 6 heteroatoms. The second kappa shape index (κ2) is 4.87. The third-order valence-electron chi connectivity index (χ3n) is 3.34. The van der Waals surface area contributed by atoms with Gasteiger partial charge in [-0.3, -0.25) is 0 Å². The second-order valence-electron chi connectivity index (χ2n) is 4.50. The van der Waals surface area contributed by atoms with Gasteiger partial charge in [0.05, 0.1) is 5.69 Å². The van der Waals surface area contributed by atoms with Gasteiger partial charge in [0, 0.05) is 24.8 Å². The number of anilines is 2. The third-order valence-corrected chi connectivity index (χ3v) is 3.80. The van der Waals surface area contributed by atoms with Gasteiger partial charge in [-0.1, -0.05) is 35.3 Å². The maximum Gasteiger partial charge on any atom is 0.175 e. The van der Waals surface area contributed by atoms with Gasteiger partial charge >= 0.3 is 0 Å². The molecule has 0 fully saturated rings. The van der Waals surface area contributed by atoms with Crippen molar-refractivity contribution in [1.82, 2.24) is 10.2 Å². The third kappa shape index (κ3) is 2.33. The van der Waals surface area contributed by atoms with Crippen LogP contribution in [0.15, 0.2) is 24.3 Å². The van der Waals surface area contributed by atoms with Gasteiger partial charge in [0.15, 0.2) is 10.3 Å². The maximum absolute atomic E-state index is 6.09. The van der Waals surface area contributed by atoms with Crippen LogP contribution in [0.1, 0.15) is 11.1 Å². The van der Waals surface area contributed by atoms with Crippen molar-refractivity contribution in [3.8, 4) is 0 Å². The molecule has 2 aromatic rings. The molecule has 2 N–H and O–H groups in total. The van der Waals surface area contributed by atoms with Crippen molar-refractivity contribution in [2.24, 2.45) is 0 Å². The SMILES string of the molecule is Nc1cccc2c1CCN(c1cc(Cl)nnc1Cl)C2. The summed E-state index contributed by atoms with van der Waals surface area (Å²) in [6.07, 6.45) is 0.887. The summed E-state index contributed by atoms with van der Waals surface area (Å²) in [4.78, 5) is 2.14. The minimum atomic E-state index is 0.345. The lowest BCUT2D eigenvalue weighted by atomic mass is 9.98. The number of nitrogen functional groups attached to an aromatic ring is 1. The maximum atomic E-state index is 6.09. The predicted molar refractivity (Wildman–Crippen MR) is 77.7 cm³/mol. The Labute approximate surface area is 121 Å². The molecule has 0 spiro atoms. The molecule has 0 unspecified atom stereocenters. The zero-order valence-corrected chi connectivity index (χ0v) is 11.6. The summed E-state index contributed by atoms with van der Waals surface area (Å²) in [5, 5.41) is 8.29. The number of nitrogens with two attached hydrogens (primary N) is 1. The molecule has 0 atom stereocenters. The summed E-state index contributed by atoms with van der Waals surface area (Å²) in [7, 11) is 0. The highest BCUT2D eigenvalue weighted by atomic mass is 35.5. The van der Waals surface area contributed by atoms with Crippen LogP contribution in [-0.4, -0.2) is 16.7 Å². The first-order valence-electron chi connectivity index (χ1n) is 5.95. The lowest BCUT2D eigenvalue weighted by Gasteiger charge is -2.31. The molecule has 1 aromatic carbocycles. The molecule has 0 saturated heterocycles. The van der Waals surface area contributed by atoms with E-state index in [2.05, 4.69) is 21.2 Å². The monoisotopic (exact) mass is 294 g/mol. The highest BCUT2D eigenvalue weighted by molar-refractivity contribution is 6.33. The molecule has 4 nitrogen and oxygen atoms in total. The summed E-state index contributed by atoms with van der Waals surface area (Å²) in [5.74, 6) is 0. The first kappa shape index (κ1) is 12.5. The van der Waals surface area contributed by atoms with Crippen LogP contribution >= 0.6 is 23.2 Å². The van der Waals surface area contributed by atoms with Crippen LogP contribution < -0.4 is 10.6 Å². The Hall–Kier alpha value is -1.52. The molecule has 3 rings (SSSR count). The minimum Gasteiger partial charge on any atom is -0.398 e. The van der Waals surface area contributed by atoms with Gasteiger partial charge in [0.25, 0.3) is 0 Å². The Morgan fingerprint density at radius 3 is 2.89 bits per heavy atom. The van der Waals surface area contributed by atoms with Gasteiger partial charge in [-0.15, -0.1) is 10.2 Å². The molecule has 19 heavy (non-hydrogen) atoms. The van der Waals surface area contributed by atoms with E-state index in [1.54, 1.807) is 6.07 Å². The number of aromatic nitrogens is 2. The molecular weight excluding hydrogens is 283 g/mol. The summed E-state index contributed by atoms with van der Waals surface area (Å²) < 4.78 is 0. The van der Waals surface area contributed by atoms with Crippen LogP contribution in [0.2, 0.25) is 10.3 Å². The number of benzene rings is 1. The highest BCUT2D eigenvalue weighted by Gasteiger charge is 2.20. The Kier molecular flexibility index (Phi) is 3.21. The van der Waals surface area contributed by atoms with E-state index in [1.807, 2.05) is 12.1 Å². The number of fused-ring (bicyclic) bond motifs is 1. The molecule has 0 aliphatic carbocycles. The molecule has 0 bridgehead atoms. The summed E-state index contributed by atoms with van der Waals surface area (Å²) >= 11 is 12.0. The minimum absolute atomic E-state index is 0.345. The summed E-state index contributed by atoms with van der Waals surface area (Å²) in [5.41, 5.74) is 10.1. The lowest BCUT2D eigenvalue weighted by Crippen LogP contribution is -2.31. The zero-order chi connectivity index (χ0) is 13.4. The predicted octanol–water partition coefficient (Wildman–Crippen LogP) is 2.93. The van der Waals surface area contributed by atoms with Gasteiger partial charge in [0.1, 0.15) is 0 Å². The van der Waals surface area contributed by atoms with Crippen molar-refractivity contribution < 1.29 is 0 Å². The Morgan fingerprint density at radius 2 is 2.05 bits per heavy atom. The Balaban J connectivity index is 1.96. The van der Waals surface area contributed by atoms with Crippen LogP contribution in [0.4, 0.5) is 11.4 Å². The standard InChI is InChI=1S/C13H12Cl2N4/c14-12-6-11(13(15)18-17-12)19-5-4-9-8(7-19)2-1-3-10(9)16/h1-3,6H,4-5,7,16H2. The quantitative estimate of drug-likeness (QED) is 0.822. The number of hydrogen-bond acceptors (Lipinski definition) is 4. The van der Waals surface area contributed by atoms with Gasteiger partial charge in [-0.05, 0) is 23.6 Å². The molecule has 1 aromatic heterocycles. The van der Waals surface area contributed by atoms with Crippen molar-refractivity contribution in [2.75, 3.05) is 17.2 Å². The first-order chi connectivity index (χ1) is 9.15. The molecule has 1 aliphatic rings. The van der Waals surface area contributed by atoms with Crippen molar-refractivity contribution >= 4 is 34.6 Å².